The number of guanidine groups is 1. The third kappa shape index (κ3) is 6.12. The molecule has 0 unspecified atom stereocenters. The van der Waals surface area contributed by atoms with E-state index in [4.69, 9.17) is 9.47 Å². The number of nitrogens with zero attached hydrogens (tertiary/aromatic N) is 1. The van der Waals surface area contributed by atoms with Crippen LogP contribution in [0.1, 0.15) is 38.2 Å². The van der Waals surface area contributed by atoms with Gasteiger partial charge in [0.25, 0.3) is 0 Å². The smallest absolute Gasteiger partial charge is 0.191 e. The van der Waals surface area contributed by atoms with Gasteiger partial charge in [-0.25, -0.2) is 0 Å². The maximum atomic E-state index is 9.63. The molecule has 0 amide bonds. The van der Waals surface area contributed by atoms with Gasteiger partial charge in [-0.3, -0.25) is 4.99 Å². The van der Waals surface area contributed by atoms with Crippen molar-refractivity contribution in [2.75, 3.05) is 27.3 Å². The Morgan fingerprint density at radius 2 is 1.96 bits per heavy atom. The number of aliphatic hydroxyl groups is 1. The standard InChI is InChI=1S/C19H31N3O3/c1-4-20-19(22-15-5-7-16(23)8-6-15)21-12-11-14-13-17(24-2)9-10-18(14)25-3/h9-10,13,15-16,23H,4-8,11-12H2,1-3H3,(H2,20,21,22). The van der Waals surface area contributed by atoms with Crippen LogP contribution in [0.2, 0.25) is 0 Å². The Kier molecular flexibility index (Phi) is 7.85. The summed E-state index contributed by atoms with van der Waals surface area (Å²) < 4.78 is 10.7. The Labute approximate surface area is 150 Å². The van der Waals surface area contributed by atoms with Crippen molar-refractivity contribution < 1.29 is 14.6 Å². The fraction of sp³-hybridized carbons (Fsp3) is 0.632. The van der Waals surface area contributed by atoms with Gasteiger partial charge in [0.15, 0.2) is 5.96 Å². The number of methoxy groups -OCH3 is 2. The number of ether oxygens (including phenoxy) is 2. The number of hydrogen-bond donors (Lipinski definition) is 3. The van der Waals surface area contributed by atoms with Gasteiger partial charge in [0.1, 0.15) is 11.5 Å². The zero-order valence-electron chi connectivity index (χ0n) is 15.5. The number of aliphatic hydroxyl groups excluding tert-OH is 1. The first-order chi connectivity index (χ1) is 12.2. The fourth-order valence-electron chi connectivity index (χ4n) is 3.10. The van der Waals surface area contributed by atoms with Crippen LogP contribution in [0.3, 0.4) is 0 Å². The lowest BCUT2D eigenvalue weighted by atomic mass is 9.93. The number of hydrogen-bond acceptors (Lipinski definition) is 4. The lowest BCUT2D eigenvalue weighted by Crippen LogP contribution is -2.45. The molecule has 0 atom stereocenters. The van der Waals surface area contributed by atoms with Gasteiger partial charge in [-0.15, -0.1) is 0 Å². The highest BCUT2D eigenvalue weighted by Gasteiger charge is 2.19. The summed E-state index contributed by atoms with van der Waals surface area (Å²) in [6, 6.07) is 6.20. The van der Waals surface area contributed by atoms with Gasteiger partial charge in [-0.2, -0.15) is 0 Å². The molecule has 25 heavy (non-hydrogen) atoms. The molecule has 1 aromatic carbocycles. The van der Waals surface area contributed by atoms with Gasteiger partial charge in [0, 0.05) is 19.1 Å². The van der Waals surface area contributed by atoms with E-state index in [-0.39, 0.29) is 6.10 Å². The van der Waals surface area contributed by atoms with Crippen molar-refractivity contribution in [1.82, 2.24) is 10.6 Å². The van der Waals surface area contributed by atoms with Crippen molar-refractivity contribution in [2.24, 2.45) is 4.99 Å². The molecule has 0 heterocycles. The number of nitrogens with one attached hydrogen (secondary N) is 2. The number of rotatable bonds is 7. The lowest BCUT2D eigenvalue weighted by molar-refractivity contribution is 0.120. The molecule has 1 aliphatic carbocycles. The molecule has 140 valence electrons. The van der Waals surface area contributed by atoms with E-state index in [1.54, 1.807) is 14.2 Å². The summed E-state index contributed by atoms with van der Waals surface area (Å²) >= 11 is 0. The van der Waals surface area contributed by atoms with Crippen LogP contribution in [0.4, 0.5) is 0 Å². The predicted molar refractivity (Wildman–Crippen MR) is 101 cm³/mol. The van der Waals surface area contributed by atoms with Crippen LogP contribution in [0.25, 0.3) is 0 Å². The average Bonchev–Trinajstić information content (AvgIpc) is 2.63. The highest BCUT2D eigenvalue weighted by Crippen LogP contribution is 2.24. The van der Waals surface area contributed by atoms with Crippen LogP contribution in [0.5, 0.6) is 11.5 Å². The second-order valence-corrected chi connectivity index (χ2v) is 6.34. The first-order valence-corrected chi connectivity index (χ1v) is 9.10. The van der Waals surface area contributed by atoms with Crippen LogP contribution in [0, 0.1) is 0 Å². The minimum Gasteiger partial charge on any atom is -0.497 e. The van der Waals surface area contributed by atoms with Gasteiger partial charge >= 0.3 is 0 Å². The molecule has 0 spiro atoms. The van der Waals surface area contributed by atoms with Crippen LogP contribution in [0.15, 0.2) is 23.2 Å². The van der Waals surface area contributed by atoms with E-state index < -0.39 is 0 Å². The normalized spacial score (nSPS) is 20.9. The van der Waals surface area contributed by atoms with Crippen LogP contribution in [-0.2, 0) is 6.42 Å². The minimum atomic E-state index is -0.141. The van der Waals surface area contributed by atoms with E-state index in [0.717, 1.165) is 61.7 Å². The second-order valence-electron chi connectivity index (χ2n) is 6.34. The first-order valence-electron chi connectivity index (χ1n) is 9.10. The summed E-state index contributed by atoms with van der Waals surface area (Å²) in [5.74, 6) is 2.52. The summed E-state index contributed by atoms with van der Waals surface area (Å²) in [7, 11) is 3.34. The van der Waals surface area contributed by atoms with Crippen molar-refractivity contribution in [3.8, 4) is 11.5 Å². The molecule has 0 radical (unpaired) electrons. The summed E-state index contributed by atoms with van der Waals surface area (Å²) in [6.07, 6.45) is 4.32. The van der Waals surface area contributed by atoms with Crippen LogP contribution < -0.4 is 20.1 Å². The highest BCUT2D eigenvalue weighted by molar-refractivity contribution is 5.80. The van der Waals surface area contributed by atoms with Gasteiger partial charge in [0.05, 0.1) is 20.3 Å². The monoisotopic (exact) mass is 349 g/mol. The van der Waals surface area contributed by atoms with Crippen LogP contribution >= 0.6 is 0 Å². The van der Waals surface area contributed by atoms with Gasteiger partial charge in [0.2, 0.25) is 0 Å². The van der Waals surface area contributed by atoms with E-state index >= 15 is 0 Å². The quantitative estimate of drug-likeness (QED) is 0.519. The molecular weight excluding hydrogens is 318 g/mol. The fourth-order valence-corrected chi connectivity index (χ4v) is 3.10. The molecular formula is C19H31N3O3. The molecule has 1 aliphatic rings. The molecule has 0 saturated heterocycles. The van der Waals surface area contributed by atoms with Gasteiger partial charge in [-0.1, -0.05) is 0 Å². The molecule has 1 fully saturated rings. The summed E-state index contributed by atoms with van der Waals surface area (Å²) in [6.45, 7) is 3.55. The lowest BCUT2D eigenvalue weighted by Gasteiger charge is -2.27. The largest absolute Gasteiger partial charge is 0.497 e. The van der Waals surface area contributed by atoms with Crippen molar-refractivity contribution in [2.45, 2.75) is 51.2 Å². The van der Waals surface area contributed by atoms with E-state index in [2.05, 4.69) is 22.5 Å². The Balaban J connectivity index is 1.94. The molecule has 0 bridgehead atoms. The van der Waals surface area contributed by atoms with Crippen LogP contribution in [-0.4, -0.2) is 50.5 Å². The maximum Gasteiger partial charge on any atom is 0.191 e. The van der Waals surface area contributed by atoms with Crippen molar-refractivity contribution >= 4 is 5.96 Å². The van der Waals surface area contributed by atoms with E-state index in [1.165, 1.54) is 0 Å². The first kappa shape index (κ1) is 19.4. The number of benzene rings is 1. The highest BCUT2D eigenvalue weighted by atomic mass is 16.5. The molecule has 6 heteroatoms. The Hall–Kier alpha value is -1.95. The molecule has 1 saturated carbocycles. The molecule has 6 nitrogen and oxygen atoms in total. The zero-order valence-corrected chi connectivity index (χ0v) is 15.5. The Morgan fingerprint density at radius 3 is 2.60 bits per heavy atom. The van der Waals surface area contributed by atoms with E-state index in [9.17, 15) is 5.11 Å². The zero-order chi connectivity index (χ0) is 18.1. The molecule has 0 aromatic heterocycles. The van der Waals surface area contributed by atoms with Gasteiger partial charge < -0.3 is 25.2 Å². The van der Waals surface area contributed by atoms with Crippen molar-refractivity contribution in [3.63, 3.8) is 0 Å². The summed E-state index contributed by atoms with van der Waals surface area (Å²) in [5, 5.41) is 16.4. The topological polar surface area (TPSA) is 75.1 Å². The SMILES string of the molecule is CCNC(=NCCc1cc(OC)ccc1OC)NC1CCC(O)CC1. The Bertz CT molecular complexity index is 555. The van der Waals surface area contributed by atoms with Crippen molar-refractivity contribution in [3.05, 3.63) is 23.8 Å². The molecule has 3 N–H and O–H groups in total. The second kappa shape index (κ2) is 10.1. The molecule has 2 rings (SSSR count). The minimum absolute atomic E-state index is 0.141. The van der Waals surface area contributed by atoms with E-state index in [1.807, 2.05) is 18.2 Å². The predicted octanol–water partition coefficient (Wildman–Crippen LogP) is 2.10. The van der Waals surface area contributed by atoms with Crippen molar-refractivity contribution in [1.29, 1.82) is 0 Å². The maximum absolute atomic E-state index is 9.63. The summed E-state index contributed by atoms with van der Waals surface area (Å²) in [4.78, 5) is 4.69. The number of aliphatic imine (C=N–C) groups is 1. The van der Waals surface area contributed by atoms with Gasteiger partial charge in [-0.05, 0) is 62.8 Å². The Morgan fingerprint density at radius 1 is 1.20 bits per heavy atom. The third-order valence-corrected chi connectivity index (χ3v) is 4.52. The summed E-state index contributed by atoms with van der Waals surface area (Å²) in [5.41, 5.74) is 1.09. The third-order valence-electron chi connectivity index (χ3n) is 4.52. The average molecular weight is 349 g/mol. The van der Waals surface area contributed by atoms with E-state index in [0.29, 0.717) is 12.6 Å². The molecule has 0 aliphatic heterocycles. The molecule has 1 aromatic rings.